The normalized spacial score (nSPS) is 12.7. The summed E-state index contributed by atoms with van der Waals surface area (Å²) in [5, 5.41) is 0. The Morgan fingerprint density at radius 2 is 0.481 bits per heavy atom. The zero-order valence-corrected chi connectivity index (χ0v) is 53.5. The van der Waals surface area contributed by atoms with Crippen molar-refractivity contribution in [3.05, 3.63) is 97.2 Å². The van der Waals surface area contributed by atoms with E-state index in [1.165, 1.54) is 193 Å². The lowest BCUT2D eigenvalue weighted by Crippen LogP contribution is -2.30. The van der Waals surface area contributed by atoms with Crippen molar-refractivity contribution in [1.29, 1.82) is 0 Å². The number of hydrogen-bond donors (Lipinski definition) is 0. The first-order valence-corrected chi connectivity index (χ1v) is 34.7. The van der Waals surface area contributed by atoms with Gasteiger partial charge in [0.1, 0.15) is 13.2 Å². The van der Waals surface area contributed by atoms with E-state index in [-0.39, 0.29) is 31.1 Å². The molecular formula is C75H130O6. The minimum absolute atomic E-state index is 0.0867. The Bertz CT molecular complexity index is 1580. The van der Waals surface area contributed by atoms with Crippen molar-refractivity contribution < 1.29 is 28.6 Å². The van der Waals surface area contributed by atoms with Crippen LogP contribution in [0.1, 0.15) is 342 Å². The molecule has 0 heterocycles. The summed E-state index contributed by atoms with van der Waals surface area (Å²) in [5.74, 6) is -0.913. The largest absolute Gasteiger partial charge is 0.462 e. The van der Waals surface area contributed by atoms with Crippen LogP contribution in [0, 0.1) is 0 Å². The van der Waals surface area contributed by atoms with E-state index >= 15 is 0 Å². The number of esters is 3. The Hall–Kier alpha value is -3.67. The lowest BCUT2D eigenvalue weighted by atomic mass is 10.0. The molecule has 6 nitrogen and oxygen atoms in total. The van der Waals surface area contributed by atoms with Crippen molar-refractivity contribution in [1.82, 2.24) is 0 Å². The third kappa shape index (κ3) is 67.0. The molecule has 81 heavy (non-hydrogen) atoms. The van der Waals surface area contributed by atoms with Gasteiger partial charge in [-0.3, -0.25) is 14.4 Å². The first kappa shape index (κ1) is 77.3. The van der Waals surface area contributed by atoms with Gasteiger partial charge in [0, 0.05) is 19.3 Å². The molecule has 0 aliphatic rings. The highest BCUT2D eigenvalue weighted by atomic mass is 16.6. The molecule has 0 saturated heterocycles. The summed E-state index contributed by atoms with van der Waals surface area (Å²) in [4.78, 5) is 38.4. The summed E-state index contributed by atoms with van der Waals surface area (Å²) in [6, 6.07) is 0. The van der Waals surface area contributed by atoms with Crippen LogP contribution in [0.25, 0.3) is 0 Å². The summed E-state index contributed by atoms with van der Waals surface area (Å²) < 4.78 is 17.0. The number of unbranched alkanes of at least 4 members (excludes halogenated alkanes) is 36. The highest BCUT2D eigenvalue weighted by molar-refractivity contribution is 5.71. The molecule has 0 aromatic rings. The van der Waals surface area contributed by atoms with Crippen molar-refractivity contribution in [3.63, 3.8) is 0 Å². The second kappa shape index (κ2) is 68.8. The number of rotatable bonds is 63. The van der Waals surface area contributed by atoms with Crippen LogP contribution < -0.4 is 0 Å². The summed E-state index contributed by atoms with van der Waals surface area (Å²) in [7, 11) is 0. The summed E-state index contributed by atoms with van der Waals surface area (Å²) in [5.41, 5.74) is 0. The predicted molar refractivity (Wildman–Crippen MR) is 353 cm³/mol. The SMILES string of the molecule is CC/C=C\C/C=C\C/C=C\C/C=C\C/C=C\C/C=C\C/C=C\C/C=C\CCCCC(=O)OCC(COC(=O)CCCCCCCCCCCCCCCCCCC)OC(=O)CCCCCCCCCCCCCCCCCCCCC. The van der Waals surface area contributed by atoms with Crippen molar-refractivity contribution >= 4 is 17.9 Å². The van der Waals surface area contributed by atoms with Crippen LogP contribution >= 0.6 is 0 Å². The smallest absolute Gasteiger partial charge is 0.306 e. The molecule has 0 aromatic heterocycles. The van der Waals surface area contributed by atoms with Crippen molar-refractivity contribution in [2.45, 2.75) is 348 Å². The van der Waals surface area contributed by atoms with Crippen LogP contribution in [0.3, 0.4) is 0 Å². The van der Waals surface area contributed by atoms with E-state index in [1.807, 2.05) is 0 Å². The minimum Gasteiger partial charge on any atom is -0.462 e. The third-order valence-corrected chi connectivity index (χ3v) is 15.1. The second-order valence-electron chi connectivity index (χ2n) is 23.1. The fourth-order valence-corrected chi connectivity index (χ4v) is 9.93. The number of hydrogen-bond acceptors (Lipinski definition) is 6. The van der Waals surface area contributed by atoms with Crippen LogP contribution in [0.5, 0.6) is 0 Å². The Morgan fingerprint density at radius 3 is 0.753 bits per heavy atom. The van der Waals surface area contributed by atoms with E-state index in [0.717, 1.165) is 109 Å². The van der Waals surface area contributed by atoms with Gasteiger partial charge in [-0.25, -0.2) is 0 Å². The highest BCUT2D eigenvalue weighted by Crippen LogP contribution is 2.18. The molecule has 0 N–H and O–H groups in total. The molecule has 0 amide bonds. The average Bonchev–Trinajstić information content (AvgIpc) is 3.47. The molecule has 0 radical (unpaired) electrons. The van der Waals surface area contributed by atoms with Gasteiger partial charge in [0.15, 0.2) is 6.10 Å². The van der Waals surface area contributed by atoms with Crippen LogP contribution in [0.4, 0.5) is 0 Å². The van der Waals surface area contributed by atoms with Gasteiger partial charge in [0.05, 0.1) is 0 Å². The van der Waals surface area contributed by atoms with Crippen LogP contribution in [0.15, 0.2) is 97.2 Å². The van der Waals surface area contributed by atoms with Gasteiger partial charge in [0.2, 0.25) is 0 Å². The molecule has 0 spiro atoms. The van der Waals surface area contributed by atoms with Gasteiger partial charge in [0.25, 0.3) is 0 Å². The maximum Gasteiger partial charge on any atom is 0.306 e. The van der Waals surface area contributed by atoms with Gasteiger partial charge in [-0.2, -0.15) is 0 Å². The first-order valence-electron chi connectivity index (χ1n) is 34.7. The zero-order chi connectivity index (χ0) is 58.5. The quantitative estimate of drug-likeness (QED) is 0.0261. The number of carbonyl (C=O) groups excluding carboxylic acids is 3. The Morgan fingerprint density at radius 1 is 0.259 bits per heavy atom. The maximum atomic E-state index is 13.0. The topological polar surface area (TPSA) is 78.9 Å². The second-order valence-corrected chi connectivity index (χ2v) is 23.1. The Balaban J connectivity index is 4.42. The monoisotopic (exact) mass is 1130 g/mol. The van der Waals surface area contributed by atoms with Crippen molar-refractivity contribution in [2.75, 3.05) is 13.2 Å². The number of ether oxygens (including phenoxy) is 3. The summed E-state index contributed by atoms with van der Waals surface area (Å²) in [6.45, 7) is 6.55. The lowest BCUT2D eigenvalue weighted by Gasteiger charge is -2.18. The van der Waals surface area contributed by atoms with E-state index in [0.29, 0.717) is 19.3 Å². The molecule has 0 aromatic carbocycles. The Labute approximate surface area is 502 Å². The summed E-state index contributed by atoms with van der Waals surface area (Å²) in [6.07, 6.45) is 92.8. The molecule has 0 aliphatic carbocycles. The first-order chi connectivity index (χ1) is 40.0. The molecular weight excluding hydrogens is 997 g/mol. The maximum absolute atomic E-state index is 13.0. The molecule has 0 saturated carbocycles. The van der Waals surface area contributed by atoms with Crippen molar-refractivity contribution in [3.8, 4) is 0 Å². The van der Waals surface area contributed by atoms with Gasteiger partial charge in [-0.05, 0) is 83.5 Å². The van der Waals surface area contributed by atoms with Crippen molar-refractivity contribution in [2.24, 2.45) is 0 Å². The van der Waals surface area contributed by atoms with Gasteiger partial charge < -0.3 is 14.2 Å². The standard InChI is InChI=1S/C75H130O6/c1-4-7-10-13-16-19-22-25-28-31-33-34-35-36-37-38-39-40-42-44-47-50-53-56-59-62-65-68-74(77)80-71-72(70-79-73(76)67-64-61-58-55-52-49-46-43-30-27-24-21-18-15-12-9-6-3)81-75(78)69-66-63-60-57-54-51-48-45-41-32-29-26-23-20-17-14-11-8-5-2/h7,10,16,19,25,28,33-34,36-37,39-40,44,47,53,56,72H,4-6,8-9,11-15,17-18,20-24,26-27,29-32,35,38,41-43,45-46,48-52,54-55,57-71H2,1-3H3/b10-7-,19-16-,28-25-,34-33-,37-36-,40-39-,47-44-,56-53-. The minimum atomic E-state index is -0.795. The number of carbonyl (C=O) groups is 3. The zero-order valence-electron chi connectivity index (χ0n) is 53.5. The molecule has 1 unspecified atom stereocenters. The van der Waals surface area contributed by atoms with Gasteiger partial charge >= 0.3 is 17.9 Å². The van der Waals surface area contributed by atoms with Crippen LogP contribution in [-0.2, 0) is 28.6 Å². The van der Waals surface area contributed by atoms with E-state index in [9.17, 15) is 14.4 Å². The molecule has 0 rings (SSSR count). The third-order valence-electron chi connectivity index (χ3n) is 15.1. The molecule has 0 aliphatic heterocycles. The highest BCUT2D eigenvalue weighted by Gasteiger charge is 2.19. The van der Waals surface area contributed by atoms with Crippen LogP contribution in [0.2, 0.25) is 0 Å². The fraction of sp³-hybridized carbons (Fsp3) is 0.747. The molecule has 6 heteroatoms. The molecule has 0 fully saturated rings. The number of allylic oxidation sites excluding steroid dienone is 16. The van der Waals surface area contributed by atoms with E-state index in [4.69, 9.17) is 14.2 Å². The van der Waals surface area contributed by atoms with Crippen LogP contribution in [-0.4, -0.2) is 37.2 Å². The fourth-order valence-electron chi connectivity index (χ4n) is 9.93. The molecule has 1 atom stereocenters. The summed E-state index contributed by atoms with van der Waals surface area (Å²) >= 11 is 0. The van der Waals surface area contributed by atoms with Gasteiger partial charge in [-0.1, -0.05) is 336 Å². The van der Waals surface area contributed by atoms with Gasteiger partial charge in [-0.15, -0.1) is 0 Å². The molecule has 466 valence electrons. The Kier molecular flexibility index (Phi) is 65.7. The molecule has 0 bridgehead atoms. The lowest BCUT2D eigenvalue weighted by molar-refractivity contribution is -0.167. The van der Waals surface area contributed by atoms with E-state index < -0.39 is 6.10 Å². The average molecular weight is 1130 g/mol. The van der Waals surface area contributed by atoms with E-state index in [1.54, 1.807) is 0 Å². The van der Waals surface area contributed by atoms with E-state index in [2.05, 4.69) is 118 Å². The predicted octanol–water partition coefficient (Wildman–Crippen LogP) is 24.0.